The van der Waals surface area contributed by atoms with Crippen molar-refractivity contribution in [3.05, 3.63) is 58.5 Å². The van der Waals surface area contributed by atoms with E-state index in [1.54, 1.807) is 10.8 Å². The molecule has 0 fully saturated rings. The minimum absolute atomic E-state index is 0.211. The van der Waals surface area contributed by atoms with Gasteiger partial charge in [0.1, 0.15) is 11.6 Å². The van der Waals surface area contributed by atoms with Crippen LogP contribution in [0.2, 0.25) is 0 Å². The number of nitriles is 1. The molecular formula is C17H19N3O. The van der Waals surface area contributed by atoms with Crippen LogP contribution in [0.4, 0.5) is 0 Å². The summed E-state index contributed by atoms with van der Waals surface area (Å²) in [4.78, 5) is 14.5. The van der Waals surface area contributed by atoms with E-state index >= 15 is 0 Å². The molecule has 0 aliphatic heterocycles. The first-order valence-electron chi connectivity index (χ1n) is 6.97. The zero-order chi connectivity index (χ0) is 15.2. The van der Waals surface area contributed by atoms with E-state index in [1.165, 1.54) is 0 Å². The highest BCUT2D eigenvalue weighted by molar-refractivity contribution is 5.69. The van der Waals surface area contributed by atoms with E-state index < -0.39 is 0 Å². The first kappa shape index (κ1) is 15.0. The van der Waals surface area contributed by atoms with Crippen molar-refractivity contribution in [3.8, 4) is 17.2 Å². The van der Waals surface area contributed by atoms with Gasteiger partial charge in [-0.2, -0.15) is 5.26 Å². The summed E-state index contributed by atoms with van der Waals surface area (Å²) in [7, 11) is 4.00. The van der Waals surface area contributed by atoms with Gasteiger partial charge in [-0.05, 0) is 38.7 Å². The van der Waals surface area contributed by atoms with E-state index in [1.807, 2.05) is 50.5 Å². The van der Waals surface area contributed by atoms with Crippen LogP contribution in [0.3, 0.4) is 0 Å². The molecule has 0 N–H and O–H groups in total. The van der Waals surface area contributed by atoms with E-state index in [-0.39, 0.29) is 11.1 Å². The van der Waals surface area contributed by atoms with Crippen molar-refractivity contribution in [2.75, 3.05) is 20.6 Å². The maximum absolute atomic E-state index is 12.4. The predicted octanol–water partition coefficient (Wildman–Crippen LogP) is 2.34. The van der Waals surface area contributed by atoms with Gasteiger partial charge in [-0.15, -0.1) is 0 Å². The maximum atomic E-state index is 12.4. The van der Waals surface area contributed by atoms with Crippen LogP contribution in [-0.4, -0.2) is 30.1 Å². The number of hydrogen-bond acceptors (Lipinski definition) is 3. The van der Waals surface area contributed by atoms with Crippen LogP contribution >= 0.6 is 0 Å². The molecule has 0 atom stereocenters. The average Bonchev–Trinajstić information content (AvgIpc) is 2.49. The van der Waals surface area contributed by atoms with Gasteiger partial charge in [0.2, 0.25) is 0 Å². The Bertz CT molecular complexity index is 696. The molecule has 0 saturated heterocycles. The largest absolute Gasteiger partial charge is 0.314 e. The van der Waals surface area contributed by atoms with E-state index in [9.17, 15) is 10.1 Å². The first-order valence-corrected chi connectivity index (χ1v) is 6.97. The smallest absolute Gasteiger partial charge is 0.269 e. The monoisotopic (exact) mass is 281 g/mol. The van der Waals surface area contributed by atoms with Gasteiger partial charge in [0, 0.05) is 18.3 Å². The minimum atomic E-state index is -0.211. The van der Waals surface area contributed by atoms with Crippen LogP contribution < -0.4 is 5.56 Å². The minimum Gasteiger partial charge on any atom is -0.314 e. The van der Waals surface area contributed by atoms with E-state index in [0.29, 0.717) is 12.1 Å². The Labute approximate surface area is 124 Å². The number of nitrogens with zero attached hydrogens (tertiary/aromatic N) is 3. The number of aromatic nitrogens is 1. The van der Waals surface area contributed by atoms with Gasteiger partial charge in [0.25, 0.3) is 5.56 Å². The fourth-order valence-electron chi connectivity index (χ4n) is 2.27. The highest BCUT2D eigenvalue weighted by Crippen LogP contribution is 2.20. The Morgan fingerprint density at radius 1 is 1.19 bits per heavy atom. The zero-order valence-corrected chi connectivity index (χ0v) is 12.4. The molecule has 1 heterocycles. The molecule has 0 saturated carbocycles. The van der Waals surface area contributed by atoms with Crippen molar-refractivity contribution >= 4 is 0 Å². The molecule has 0 bridgehead atoms. The highest BCUT2D eigenvalue weighted by atomic mass is 16.1. The second kappa shape index (κ2) is 6.87. The van der Waals surface area contributed by atoms with E-state index in [2.05, 4.69) is 11.0 Å². The molecule has 0 radical (unpaired) electrons. The first-order chi connectivity index (χ1) is 10.1. The fraction of sp³-hybridized carbons (Fsp3) is 0.294. The van der Waals surface area contributed by atoms with E-state index in [0.717, 1.165) is 18.5 Å². The number of aryl methyl sites for hydroxylation is 1. The topological polar surface area (TPSA) is 49.0 Å². The Morgan fingerprint density at radius 3 is 2.52 bits per heavy atom. The molecule has 108 valence electrons. The van der Waals surface area contributed by atoms with Gasteiger partial charge in [-0.25, -0.2) is 0 Å². The molecule has 2 aromatic rings. The third-order valence-electron chi connectivity index (χ3n) is 3.37. The highest BCUT2D eigenvalue weighted by Gasteiger charge is 2.11. The van der Waals surface area contributed by atoms with Gasteiger partial charge < -0.3 is 9.47 Å². The molecule has 0 aliphatic carbocycles. The average molecular weight is 281 g/mol. The molecule has 4 heteroatoms. The third kappa shape index (κ3) is 3.59. The molecular weight excluding hydrogens is 262 g/mol. The predicted molar refractivity (Wildman–Crippen MR) is 84.0 cm³/mol. The van der Waals surface area contributed by atoms with Gasteiger partial charge in [0.05, 0.1) is 0 Å². The quantitative estimate of drug-likeness (QED) is 0.845. The van der Waals surface area contributed by atoms with Crippen molar-refractivity contribution in [1.82, 2.24) is 9.47 Å². The number of pyridine rings is 1. The normalized spacial score (nSPS) is 10.6. The number of rotatable bonds is 5. The SMILES string of the molecule is CN(C)CCCn1ccc(-c2ccccc2)c(C#N)c1=O. The Kier molecular flexibility index (Phi) is 4.91. The van der Waals surface area contributed by atoms with Crippen LogP contribution in [0.1, 0.15) is 12.0 Å². The van der Waals surface area contributed by atoms with Gasteiger partial charge in [-0.1, -0.05) is 30.3 Å². The van der Waals surface area contributed by atoms with E-state index in [4.69, 9.17) is 0 Å². The van der Waals surface area contributed by atoms with Crippen LogP contribution in [0.15, 0.2) is 47.4 Å². The van der Waals surface area contributed by atoms with Crippen molar-refractivity contribution in [3.63, 3.8) is 0 Å². The van der Waals surface area contributed by atoms with Crippen LogP contribution in [0.5, 0.6) is 0 Å². The van der Waals surface area contributed by atoms with Gasteiger partial charge in [-0.3, -0.25) is 4.79 Å². The second-order valence-electron chi connectivity index (χ2n) is 5.24. The summed E-state index contributed by atoms with van der Waals surface area (Å²) in [5.74, 6) is 0. The lowest BCUT2D eigenvalue weighted by Crippen LogP contribution is -2.24. The molecule has 1 aromatic heterocycles. The fourth-order valence-corrected chi connectivity index (χ4v) is 2.27. The summed E-state index contributed by atoms with van der Waals surface area (Å²) >= 11 is 0. The Morgan fingerprint density at radius 2 is 1.90 bits per heavy atom. The molecule has 0 aliphatic rings. The molecule has 21 heavy (non-hydrogen) atoms. The lowest BCUT2D eigenvalue weighted by atomic mass is 10.0. The van der Waals surface area contributed by atoms with Crippen LogP contribution in [-0.2, 0) is 6.54 Å². The molecule has 0 amide bonds. The summed E-state index contributed by atoms with van der Waals surface area (Å²) in [6.45, 7) is 1.54. The number of benzene rings is 1. The molecule has 1 aromatic carbocycles. The molecule has 4 nitrogen and oxygen atoms in total. The van der Waals surface area contributed by atoms with Crippen molar-refractivity contribution in [2.24, 2.45) is 0 Å². The summed E-state index contributed by atoms with van der Waals surface area (Å²) in [5.41, 5.74) is 1.60. The van der Waals surface area contributed by atoms with Crippen LogP contribution in [0, 0.1) is 11.3 Å². The molecule has 2 rings (SSSR count). The number of hydrogen-bond donors (Lipinski definition) is 0. The Hall–Kier alpha value is -2.38. The van der Waals surface area contributed by atoms with Gasteiger partial charge in [0.15, 0.2) is 0 Å². The molecule has 0 spiro atoms. The van der Waals surface area contributed by atoms with Crippen molar-refractivity contribution in [1.29, 1.82) is 5.26 Å². The third-order valence-corrected chi connectivity index (χ3v) is 3.37. The van der Waals surface area contributed by atoms with Crippen LogP contribution in [0.25, 0.3) is 11.1 Å². The second-order valence-corrected chi connectivity index (χ2v) is 5.24. The summed E-state index contributed by atoms with van der Waals surface area (Å²) in [5, 5.41) is 9.33. The zero-order valence-electron chi connectivity index (χ0n) is 12.4. The lowest BCUT2D eigenvalue weighted by Gasteiger charge is -2.12. The van der Waals surface area contributed by atoms with Gasteiger partial charge >= 0.3 is 0 Å². The summed E-state index contributed by atoms with van der Waals surface area (Å²) in [6, 6.07) is 13.4. The standard InChI is InChI=1S/C17H19N3O/c1-19(2)10-6-11-20-12-9-15(16(13-18)17(20)21)14-7-4-3-5-8-14/h3-5,7-9,12H,6,10-11H2,1-2H3. The van der Waals surface area contributed by atoms with Crippen molar-refractivity contribution < 1.29 is 0 Å². The molecule has 0 unspecified atom stereocenters. The Balaban J connectivity index is 2.34. The maximum Gasteiger partial charge on any atom is 0.269 e. The summed E-state index contributed by atoms with van der Waals surface area (Å²) in [6.07, 6.45) is 2.66. The summed E-state index contributed by atoms with van der Waals surface area (Å²) < 4.78 is 1.62. The lowest BCUT2D eigenvalue weighted by molar-refractivity contribution is 0.385. The van der Waals surface area contributed by atoms with Crippen molar-refractivity contribution in [2.45, 2.75) is 13.0 Å².